The second-order valence-electron chi connectivity index (χ2n) is 3.50. The zero-order valence-corrected chi connectivity index (χ0v) is 10.7. The molecule has 94 valence electrons. The van der Waals surface area contributed by atoms with Crippen LogP contribution in [0.2, 0.25) is 10.0 Å². The summed E-state index contributed by atoms with van der Waals surface area (Å²) >= 11 is 11.4. The summed E-state index contributed by atoms with van der Waals surface area (Å²) in [5.41, 5.74) is -0.206. The van der Waals surface area contributed by atoms with Gasteiger partial charge in [-0.05, 0) is 31.2 Å². The maximum absolute atomic E-state index is 11.8. The predicted octanol–water partition coefficient (Wildman–Crippen LogP) is 3.14. The van der Waals surface area contributed by atoms with E-state index in [0.29, 0.717) is 15.4 Å². The van der Waals surface area contributed by atoms with Gasteiger partial charge < -0.3 is 9.84 Å². The smallest absolute Gasteiger partial charge is 0.362 e. The lowest BCUT2D eigenvalue weighted by Crippen LogP contribution is -2.27. The van der Waals surface area contributed by atoms with E-state index in [2.05, 4.69) is 5.32 Å². The first-order valence-corrected chi connectivity index (χ1v) is 5.70. The third kappa shape index (κ3) is 2.42. The molecule has 0 spiro atoms. The van der Waals surface area contributed by atoms with Crippen LogP contribution in [-0.2, 0) is 0 Å². The predicted molar refractivity (Wildman–Crippen MR) is 68.6 cm³/mol. The van der Waals surface area contributed by atoms with Crippen molar-refractivity contribution in [1.29, 1.82) is 0 Å². The summed E-state index contributed by atoms with van der Waals surface area (Å²) in [7, 11) is 0. The topological polar surface area (TPSA) is 64.2 Å². The highest BCUT2D eigenvalue weighted by Gasteiger charge is 2.17. The molecule has 1 aromatic carbocycles. The fourth-order valence-electron chi connectivity index (χ4n) is 1.30. The van der Waals surface area contributed by atoms with Gasteiger partial charge in [0.05, 0.1) is 0 Å². The molecular weight excluding hydrogens is 279 g/mol. The van der Waals surface area contributed by atoms with Crippen molar-refractivity contribution >= 4 is 34.9 Å². The van der Waals surface area contributed by atoms with Crippen molar-refractivity contribution in [2.75, 3.05) is 5.32 Å². The molecule has 2 rings (SSSR count). The molecule has 0 saturated heterocycles. The molecule has 18 heavy (non-hydrogen) atoms. The Hall–Kier alpha value is -1.72. The monoisotopic (exact) mass is 286 g/mol. The van der Waals surface area contributed by atoms with E-state index < -0.39 is 11.6 Å². The van der Waals surface area contributed by atoms with Crippen LogP contribution in [0.5, 0.6) is 0 Å². The van der Waals surface area contributed by atoms with E-state index in [9.17, 15) is 9.59 Å². The van der Waals surface area contributed by atoms with E-state index >= 15 is 0 Å². The molecule has 1 heterocycles. The van der Waals surface area contributed by atoms with Crippen molar-refractivity contribution in [3.8, 4) is 0 Å². The second kappa shape index (κ2) is 4.88. The van der Waals surface area contributed by atoms with Crippen molar-refractivity contribution in [2.24, 2.45) is 0 Å². The number of aromatic nitrogens is 1. The minimum Gasteiger partial charge on any atom is -0.370 e. The van der Waals surface area contributed by atoms with Gasteiger partial charge in [-0.1, -0.05) is 27.9 Å². The van der Waals surface area contributed by atoms with Crippen LogP contribution in [0.15, 0.2) is 33.6 Å². The summed E-state index contributed by atoms with van der Waals surface area (Å²) in [6.45, 7) is 1.50. The molecule has 0 saturated carbocycles. The maximum atomic E-state index is 11.8. The van der Waals surface area contributed by atoms with E-state index in [-0.39, 0.29) is 10.8 Å². The van der Waals surface area contributed by atoms with Gasteiger partial charge in [0.1, 0.15) is 5.02 Å². The van der Waals surface area contributed by atoms with Crippen molar-refractivity contribution in [1.82, 2.24) is 4.74 Å². The number of carbonyl (C=O) groups excluding carboxylic acids is 1. The molecule has 5 nitrogen and oxygen atoms in total. The molecule has 0 aliphatic carbocycles. The van der Waals surface area contributed by atoms with Crippen molar-refractivity contribution in [3.05, 3.63) is 50.4 Å². The van der Waals surface area contributed by atoms with Crippen molar-refractivity contribution < 1.29 is 9.32 Å². The van der Waals surface area contributed by atoms with Gasteiger partial charge in [0, 0.05) is 10.7 Å². The van der Waals surface area contributed by atoms with Crippen LogP contribution in [-0.4, -0.2) is 10.8 Å². The molecular formula is C11H8Cl2N2O3. The lowest BCUT2D eigenvalue weighted by Gasteiger charge is -2.03. The van der Waals surface area contributed by atoms with Crippen LogP contribution >= 0.6 is 23.2 Å². The maximum Gasteiger partial charge on any atom is 0.362 e. The minimum absolute atomic E-state index is 0.110. The molecule has 0 aliphatic heterocycles. The molecule has 1 amide bonds. The van der Waals surface area contributed by atoms with E-state index in [1.807, 2.05) is 0 Å². The fraction of sp³-hybridized carbons (Fsp3) is 0.0909. The largest absolute Gasteiger partial charge is 0.370 e. The zero-order chi connectivity index (χ0) is 13.3. The Balaban J connectivity index is 2.25. The molecule has 0 fully saturated rings. The highest BCUT2D eigenvalue weighted by Crippen LogP contribution is 2.14. The number of carbonyl (C=O) groups is 1. The Bertz CT molecular complexity index is 643. The number of amides is 1. The first-order valence-electron chi connectivity index (χ1n) is 4.94. The van der Waals surface area contributed by atoms with E-state index in [4.69, 9.17) is 27.7 Å². The number of nitrogens with one attached hydrogen (secondary N) is 1. The summed E-state index contributed by atoms with van der Waals surface area (Å²) < 4.78 is 5.50. The van der Waals surface area contributed by atoms with Gasteiger partial charge >= 0.3 is 11.6 Å². The summed E-state index contributed by atoms with van der Waals surface area (Å²) in [6, 6.07) is 5.70. The fourth-order valence-corrected chi connectivity index (χ4v) is 1.54. The molecule has 1 N–H and O–H groups in total. The van der Waals surface area contributed by atoms with E-state index in [0.717, 1.165) is 0 Å². The van der Waals surface area contributed by atoms with E-state index in [1.54, 1.807) is 24.3 Å². The molecule has 0 radical (unpaired) electrons. The Morgan fingerprint density at radius 3 is 2.39 bits per heavy atom. The normalized spacial score (nSPS) is 10.4. The first-order chi connectivity index (χ1) is 8.49. The Morgan fingerprint density at radius 1 is 1.28 bits per heavy atom. The van der Waals surface area contributed by atoms with Crippen LogP contribution in [0.3, 0.4) is 0 Å². The number of rotatable bonds is 1. The van der Waals surface area contributed by atoms with Gasteiger partial charge in [-0.3, -0.25) is 4.79 Å². The van der Waals surface area contributed by atoms with Crippen LogP contribution in [0.1, 0.15) is 5.76 Å². The number of hydrogen-bond donors (Lipinski definition) is 1. The minimum atomic E-state index is -0.725. The SMILES string of the molecule is Cc1on(C(=O)Nc2ccc(Cl)cc2)c(=O)c1Cl. The highest BCUT2D eigenvalue weighted by molar-refractivity contribution is 6.31. The van der Waals surface area contributed by atoms with Crippen LogP contribution in [0.25, 0.3) is 0 Å². The van der Waals surface area contributed by atoms with Gasteiger partial charge in [0.25, 0.3) is 0 Å². The number of hydrogen-bond acceptors (Lipinski definition) is 3. The lowest BCUT2D eigenvalue weighted by atomic mass is 10.3. The summed E-state index contributed by atoms with van der Waals surface area (Å²) in [5.74, 6) is 0.188. The average molecular weight is 287 g/mol. The molecule has 2 aromatic rings. The Labute approximate surface area is 112 Å². The number of nitrogens with zero attached hydrogens (tertiary/aromatic N) is 1. The summed E-state index contributed by atoms with van der Waals surface area (Å²) in [5, 5.41) is 2.91. The zero-order valence-electron chi connectivity index (χ0n) is 9.24. The van der Waals surface area contributed by atoms with Crippen molar-refractivity contribution in [2.45, 2.75) is 6.92 Å². The van der Waals surface area contributed by atoms with Gasteiger partial charge in [0.15, 0.2) is 5.76 Å². The Kier molecular flexibility index (Phi) is 3.45. The van der Waals surface area contributed by atoms with Crippen LogP contribution in [0.4, 0.5) is 10.5 Å². The van der Waals surface area contributed by atoms with Gasteiger partial charge in [-0.25, -0.2) is 4.79 Å². The number of anilines is 1. The summed E-state index contributed by atoms with van der Waals surface area (Å²) in [6.07, 6.45) is 0. The first kappa shape index (κ1) is 12.7. The Morgan fingerprint density at radius 2 is 1.89 bits per heavy atom. The molecule has 0 aliphatic rings. The third-order valence-electron chi connectivity index (χ3n) is 2.19. The van der Waals surface area contributed by atoms with Crippen LogP contribution < -0.4 is 10.9 Å². The molecule has 7 heteroatoms. The van der Waals surface area contributed by atoms with Crippen molar-refractivity contribution in [3.63, 3.8) is 0 Å². The molecule has 0 atom stereocenters. The quantitative estimate of drug-likeness (QED) is 0.876. The average Bonchev–Trinajstić information content (AvgIpc) is 2.60. The van der Waals surface area contributed by atoms with Gasteiger partial charge in [-0.15, -0.1) is 0 Å². The number of aryl methyl sites for hydroxylation is 1. The summed E-state index contributed by atoms with van der Waals surface area (Å²) in [4.78, 5) is 23.3. The third-order valence-corrected chi connectivity index (χ3v) is 2.87. The van der Waals surface area contributed by atoms with Gasteiger partial charge in [0.2, 0.25) is 0 Å². The molecule has 0 unspecified atom stereocenters. The van der Waals surface area contributed by atoms with Crippen LogP contribution in [0, 0.1) is 6.92 Å². The number of halogens is 2. The lowest BCUT2D eigenvalue weighted by molar-refractivity contribution is 0.218. The standard InChI is InChI=1S/C11H8Cl2N2O3/c1-6-9(13)10(16)15(18-6)11(17)14-8-4-2-7(12)3-5-8/h2-5H,1H3,(H,14,17). The van der Waals surface area contributed by atoms with Gasteiger partial charge in [-0.2, -0.15) is 0 Å². The molecule has 0 bridgehead atoms. The molecule has 1 aromatic heterocycles. The van der Waals surface area contributed by atoms with E-state index in [1.165, 1.54) is 6.92 Å². The number of benzene rings is 1. The second-order valence-corrected chi connectivity index (χ2v) is 4.31. The highest BCUT2D eigenvalue weighted by atomic mass is 35.5.